The first-order valence-corrected chi connectivity index (χ1v) is 10.5. The van der Waals surface area contributed by atoms with Gasteiger partial charge in [0.15, 0.2) is 9.84 Å². The first kappa shape index (κ1) is 19.1. The SMILES string of the molecule is Cc1cc(-c2ccc(N3CCN(C)CC3)cc2S(C)(=O)=O)c(C#N)c(=O)[nH]1. The van der Waals surface area contributed by atoms with Gasteiger partial charge in [-0.15, -0.1) is 0 Å². The number of aromatic amines is 1. The first-order valence-electron chi connectivity index (χ1n) is 8.62. The van der Waals surface area contributed by atoms with E-state index in [4.69, 9.17) is 0 Å². The molecule has 1 aromatic heterocycles. The fourth-order valence-electron chi connectivity index (χ4n) is 3.31. The van der Waals surface area contributed by atoms with Crippen molar-refractivity contribution in [3.8, 4) is 17.2 Å². The Balaban J connectivity index is 2.18. The van der Waals surface area contributed by atoms with Crippen molar-refractivity contribution in [2.75, 3.05) is 44.4 Å². The van der Waals surface area contributed by atoms with Crippen LogP contribution in [-0.4, -0.2) is 57.8 Å². The minimum Gasteiger partial charge on any atom is -0.369 e. The van der Waals surface area contributed by atoms with Crippen LogP contribution < -0.4 is 10.5 Å². The second kappa shape index (κ2) is 7.18. The number of pyridine rings is 1. The van der Waals surface area contributed by atoms with Crippen LogP contribution in [0, 0.1) is 18.3 Å². The predicted octanol–water partition coefficient (Wildman–Crippen LogP) is 1.38. The molecule has 1 N–H and O–H groups in total. The maximum Gasteiger partial charge on any atom is 0.266 e. The van der Waals surface area contributed by atoms with E-state index in [9.17, 15) is 18.5 Å². The number of aromatic nitrogens is 1. The zero-order valence-electron chi connectivity index (χ0n) is 15.6. The van der Waals surface area contributed by atoms with E-state index >= 15 is 0 Å². The number of hydrogen-bond acceptors (Lipinski definition) is 6. The third-order valence-corrected chi connectivity index (χ3v) is 5.94. The summed E-state index contributed by atoms with van der Waals surface area (Å²) in [4.78, 5) is 19.2. The van der Waals surface area contributed by atoms with E-state index < -0.39 is 15.4 Å². The summed E-state index contributed by atoms with van der Waals surface area (Å²) in [6, 6.07) is 8.73. The topological polar surface area (TPSA) is 97.3 Å². The van der Waals surface area contributed by atoms with Crippen LogP contribution in [0.15, 0.2) is 34.0 Å². The Morgan fingerprint density at radius 3 is 2.37 bits per heavy atom. The second-order valence-corrected chi connectivity index (χ2v) is 8.91. The number of piperazine rings is 1. The van der Waals surface area contributed by atoms with Gasteiger partial charge in [0, 0.05) is 54.9 Å². The molecule has 7 nitrogen and oxygen atoms in total. The average Bonchev–Trinajstić information content (AvgIpc) is 2.60. The molecule has 0 spiro atoms. The van der Waals surface area contributed by atoms with Crippen molar-refractivity contribution in [2.45, 2.75) is 11.8 Å². The normalized spacial score (nSPS) is 15.6. The highest BCUT2D eigenvalue weighted by Gasteiger charge is 2.22. The molecule has 1 aliphatic heterocycles. The number of nitrogens with zero attached hydrogens (tertiary/aromatic N) is 3. The quantitative estimate of drug-likeness (QED) is 0.856. The van der Waals surface area contributed by atoms with E-state index in [0.717, 1.165) is 38.1 Å². The maximum atomic E-state index is 12.5. The summed E-state index contributed by atoms with van der Waals surface area (Å²) in [5.41, 5.74) is 1.50. The van der Waals surface area contributed by atoms with Gasteiger partial charge in [0.05, 0.1) is 4.90 Å². The number of anilines is 1. The second-order valence-electron chi connectivity index (χ2n) is 6.92. The number of nitrogens with one attached hydrogen (secondary N) is 1. The Morgan fingerprint density at radius 2 is 1.78 bits per heavy atom. The molecule has 1 aromatic carbocycles. The van der Waals surface area contributed by atoms with E-state index in [1.54, 1.807) is 25.1 Å². The lowest BCUT2D eigenvalue weighted by molar-refractivity contribution is 0.313. The molecule has 1 aliphatic rings. The standard InChI is InChI=1S/C19H22N4O3S/c1-13-10-16(17(12-20)19(24)21-13)15-5-4-14(11-18(15)27(3,25)26)23-8-6-22(2)7-9-23/h4-5,10-11H,6-9H2,1-3H3,(H,21,24). The van der Waals surface area contributed by atoms with Gasteiger partial charge < -0.3 is 14.8 Å². The molecule has 2 aromatic rings. The van der Waals surface area contributed by atoms with Gasteiger partial charge in [-0.2, -0.15) is 5.26 Å². The fraction of sp³-hybridized carbons (Fsp3) is 0.368. The zero-order valence-corrected chi connectivity index (χ0v) is 16.4. The van der Waals surface area contributed by atoms with Gasteiger partial charge in [-0.05, 0) is 32.2 Å². The van der Waals surface area contributed by atoms with Crippen LogP contribution >= 0.6 is 0 Å². The first-order chi connectivity index (χ1) is 12.7. The number of H-pyrrole nitrogens is 1. The van der Waals surface area contributed by atoms with E-state index in [2.05, 4.69) is 21.8 Å². The van der Waals surface area contributed by atoms with Gasteiger partial charge >= 0.3 is 0 Å². The Bertz CT molecular complexity index is 1080. The van der Waals surface area contributed by atoms with Gasteiger partial charge in [0.2, 0.25) is 0 Å². The molecule has 0 aliphatic carbocycles. The molecule has 0 atom stereocenters. The van der Waals surface area contributed by atoms with Crippen molar-refractivity contribution in [2.24, 2.45) is 0 Å². The summed E-state index contributed by atoms with van der Waals surface area (Å²) in [6.45, 7) is 5.13. The Labute approximate surface area is 158 Å². The largest absolute Gasteiger partial charge is 0.369 e. The summed E-state index contributed by atoms with van der Waals surface area (Å²) in [5, 5.41) is 9.40. The van der Waals surface area contributed by atoms with Crippen molar-refractivity contribution in [3.05, 3.63) is 45.9 Å². The highest BCUT2D eigenvalue weighted by atomic mass is 32.2. The number of rotatable bonds is 3. The van der Waals surface area contributed by atoms with Crippen LogP contribution in [-0.2, 0) is 9.84 Å². The van der Waals surface area contributed by atoms with Crippen LogP contribution in [0.1, 0.15) is 11.3 Å². The van der Waals surface area contributed by atoms with Gasteiger partial charge in [0.25, 0.3) is 5.56 Å². The molecular weight excluding hydrogens is 364 g/mol. The number of sulfone groups is 1. The van der Waals surface area contributed by atoms with Crippen molar-refractivity contribution in [1.29, 1.82) is 5.26 Å². The molecule has 2 heterocycles. The van der Waals surface area contributed by atoms with Crippen LogP contribution in [0.25, 0.3) is 11.1 Å². The van der Waals surface area contributed by atoms with E-state index in [-0.39, 0.29) is 10.5 Å². The molecule has 0 unspecified atom stereocenters. The molecule has 8 heteroatoms. The monoisotopic (exact) mass is 386 g/mol. The Morgan fingerprint density at radius 1 is 1.11 bits per heavy atom. The smallest absolute Gasteiger partial charge is 0.266 e. The zero-order chi connectivity index (χ0) is 19.8. The highest BCUT2D eigenvalue weighted by molar-refractivity contribution is 7.90. The molecule has 0 saturated carbocycles. The molecule has 27 heavy (non-hydrogen) atoms. The lowest BCUT2D eigenvalue weighted by Gasteiger charge is -2.34. The molecule has 1 fully saturated rings. The Kier molecular flexibility index (Phi) is 5.09. The number of nitriles is 1. The molecule has 0 bridgehead atoms. The van der Waals surface area contributed by atoms with E-state index in [1.165, 1.54) is 0 Å². The van der Waals surface area contributed by atoms with Gasteiger partial charge in [-0.25, -0.2) is 8.42 Å². The third-order valence-electron chi connectivity index (χ3n) is 4.80. The van der Waals surface area contributed by atoms with Crippen LogP contribution in [0.5, 0.6) is 0 Å². The average molecular weight is 386 g/mol. The molecule has 1 saturated heterocycles. The van der Waals surface area contributed by atoms with Crippen LogP contribution in [0.3, 0.4) is 0 Å². The van der Waals surface area contributed by atoms with Crippen LogP contribution in [0.2, 0.25) is 0 Å². The van der Waals surface area contributed by atoms with E-state index in [1.807, 2.05) is 12.1 Å². The lowest BCUT2D eigenvalue weighted by atomic mass is 10.0. The van der Waals surface area contributed by atoms with Gasteiger partial charge in [-0.1, -0.05) is 6.07 Å². The molecule has 0 radical (unpaired) electrons. The summed E-state index contributed by atoms with van der Waals surface area (Å²) in [7, 11) is -1.51. The maximum absolute atomic E-state index is 12.5. The number of benzene rings is 1. The fourth-order valence-corrected chi connectivity index (χ4v) is 4.23. The molecule has 142 valence electrons. The number of likely N-dealkylation sites (N-methyl/N-ethyl adjacent to an activating group) is 1. The summed E-state index contributed by atoms with van der Waals surface area (Å²) in [5.74, 6) is 0. The summed E-state index contributed by atoms with van der Waals surface area (Å²) < 4.78 is 25.0. The third kappa shape index (κ3) is 3.89. The van der Waals surface area contributed by atoms with Crippen molar-refractivity contribution >= 4 is 15.5 Å². The number of aryl methyl sites for hydroxylation is 1. The molecular formula is C19H22N4O3S. The summed E-state index contributed by atoms with van der Waals surface area (Å²) >= 11 is 0. The van der Waals surface area contributed by atoms with Crippen molar-refractivity contribution in [1.82, 2.24) is 9.88 Å². The van der Waals surface area contributed by atoms with Crippen molar-refractivity contribution < 1.29 is 8.42 Å². The predicted molar refractivity (Wildman–Crippen MR) is 105 cm³/mol. The minimum absolute atomic E-state index is 0.0853. The lowest BCUT2D eigenvalue weighted by Crippen LogP contribution is -2.44. The minimum atomic E-state index is -3.56. The summed E-state index contributed by atoms with van der Waals surface area (Å²) in [6.07, 6.45) is 1.14. The number of hydrogen-bond donors (Lipinski definition) is 1. The molecule has 3 rings (SSSR count). The highest BCUT2D eigenvalue weighted by Crippen LogP contribution is 2.33. The van der Waals surface area contributed by atoms with Crippen molar-refractivity contribution in [3.63, 3.8) is 0 Å². The molecule has 0 amide bonds. The van der Waals surface area contributed by atoms with Gasteiger partial charge in [0.1, 0.15) is 11.6 Å². The van der Waals surface area contributed by atoms with Crippen LogP contribution in [0.4, 0.5) is 5.69 Å². The Hall–Kier alpha value is -2.63. The van der Waals surface area contributed by atoms with Gasteiger partial charge in [-0.3, -0.25) is 4.79 Å². The van der Waals surface area contributed by atoms with E-state index in [0.29, 0.717) is 16.8 Å².